The van der Waals surface area contributed by atoms with Crippen LogP contribution in [0.25, 0.3) is 0 Å². The predicted molar refractivity (Wildman–Crippen MR) is 105 cm³/mol. The topological polar surface area (TPSA) is 6.48 Å². The van der Waals surface area contributed by atoms with E-state index in [1.165, 1.54) is 76.1 Å². The second kappa shape index (κ2) is 9.36. The summed E-state index contributed by atoms with van der Waals surface area (Å²) in [6.45, 7) is 4.96. The van der Waals surface area contributed by atoms with Crippen LogP contribution in [-0.2, 0) is 0 Å². The third-order valence-electron chi connectivity index (χ3n) is 4.95. The molecule has 2 aromatic carbocycles. The molecular weight excluding hydrogens is 292 g/mol. The highest BCUT2D eigenvalue weighted by Gasteiger charge is 2.10. The zero-order chi connectivity index (χ0) is 16.5. The Kier molecular flexibility index (Phi) is 6.59. The van der Waals surface area contributed by atoms with Gasteiger partial charge < -0.3 is 9.80 Å². The lowest BCUT2D eigenvalue weighted by molar-refractivity contribution is 0.578. The number of nitrogens with zero attached hydrogens (tertiary/aromatic N) is 2. The highest BCUT2D eigenvalue weighted by Crippen LogP contribution is 2.19. The molecule has 0 N–H and O–H groups in total. The van der Waals surface area contributed by atoms with Gasteiger partial charge in [-0.3, -0.25) is 0 Å². The molecule has 0 saturated carbocycles. The van der Waals surface area contributed by atoms with Crippen molar-refractivity contribution in [3.8, 4) is 0 Å². The summed E-state index contributed by atoms with van der Waals surface area (Å²) in [7, 11) is 0. The molecule has 128 valence electrons. The number of piperidine rings is 2. The van der Waals surface area contributed by atoms with Gasteiger partial charge in [-0.1, -0.05) is 36.4 Å². The van der Waals surface area contributed by atoms with E-state index in [1.807, 2.05) is 0 Å². The highest BCUT2D eigenvalue weighted by atomic mass is 15.1. The van der Waals surface area contributed by atoms with Crippen molar-refractivity contribution in [2.45, 2.75) is 38.5 Å². The van der Waals surface area contributed by atoms with E-state index < -0.39 is 0 Å². The molecule has 2 saturated heterocycles. The minimum absolute atomic E-state index is 1.24. The molecule has 0 atom stereocenters. The lowest BCUT2D eigenvalue weighted by atomic mass is 10.1. The van der Waals surface area contributed by atoms with Gasteiger partial charge in [0.15, 0.2) is 0 Å². The standard InChI is InChI=1S/2C11H15N/c2*1-3-7-11(8-4-1)12-9-5-2-6-10-12/h2*1,3-4,7-8H,2,5-6,9-10H2. The zero-order valence-electron chi connectivity index (χ0n) is 14.7. The normalized spacial score (nSPS) is 17.8. The van der Waals surface area contributed by atoms with E-state index in [-0.39, 0.29) is 0 Å². The van der Waals surface area contributed by atoms with Gasteiger partial charge in [-0.15, -0.1) is 0 Å². The lowest BCUT2D eigenvalue weighted by Crippen LogP contribution is -2.29. The third kappa shape index (κ3) is 5.02. The molecule has 2 heterocycles. The van der Waals surface area contributed by atoms with E-state index >= 15 is 0 Å². The van der Waals surface area contributed by atoms with Crippen LogP contribution in [0.15, 0.2) is 60.7 Å². The zero-order valence-corrected chi connectivity index (χ0v) is 14.7. The van der Waals surface area contributed by atoms with Crippen molar-refractivity contribution in [3.05, 3.63) is 60.7 Å². The van der Waals surface area contributed by atoms with Gasteiger partial charge in [-0.2, -0.15) is 0 Å². The van der Waals surface area contributed by atoms with Crippen molar-refractivity contribution in [1.82, 2.24) is 0 Å². The molecule has 0 spiro atoms. The van der Waals surface area contributed by atoms with Crippen molar-refractivity contribution in [3.63, 3.8) is 0 Å². The van der Waals surface area contributed by atoms with E-state index in [9.17, 15) is 0 Å². The van der Waals surface area contributed by atoms with E-state index in [1.54, 1.807) is 0 Å². The third-order valence-corrected chi connectivity index (χ3v) is 4.95. The minimum Gasteiger partial charge on any atom is -0.372 e. The maximum Gasteiger partial charge on any atom is 0.0366 e. The smallest absolute Gasteiger partial charge is 0.0366 e. The summed E-state index contributed by atoms with van der Waals surface area (Å²) in [4.78, 5) is 4.95. The molecule has 24 heavy (non-hydrogen) atoms. The largest absolute Gasteiger partial charge is 0.372 e. The predicted octanol–water partition coefficient (Wildman–Crippen LogP) is 5.35. The molecule has 0 unspecified atom stereocenters. The van der Waals surface area contributed by atoms with E-state index in [0.29, 0.717) is 0 Å². The van der Waals surface area contributed by atoms with Gasteiger partial charge in [-0.25, -0.2) is 0 Å². The second-order valence-corrected chi connectivity index (χ2v) is 6.77. The SMILES string of the molecule is c1ccc(N2CCCCC2)cc1.c1ccc(N2CCCCC2)cc1. The van der Waals surface area contributed by atoms with Crippen LogP contribution in [0.5, 0.6) is 0 Å². The summed E-state index contributed by atoms with van der Waals surface area (Å²) in [6.07, 6.45) is 8.24. The Morgan fingerprint density at radius 3 is 1.08 bits per heavy atom. The van der Waals surface area contributed by atoms with Crippen LogP contribution in [-0.4, -0.2) is 26.2 Å². The first-order valence-corrected chi connectivity index (χ1v) is 9.53. The fraction of sp³-hybridized carbons (Fsp3) is 0.455. The van der Waals surface area contributed by atoms with Crippen LogP contribution in [0.4, 0.5) is 11.4 Å². The summed E-state index contributed by atoms with van der Waals surface area (Å²) in [6, 6.07) is 21.4. The van der Waals surface area contributed by atoms with E-state index in [4.69, 9.17) is 0 Å². The van der Waals surface area contributed by atoms with E-state index in [2.05, 4.69) is 70.5 Å². The van der Waals surface area contributed by atoms with Crippen molar-refractivity contribution in [2.75, 3.05) is 36.0 Å². The molecule has 2 aliphatic rings. The van der Waals surface area contributed by atoms with Crippen molar-refractivity contribution < 1.29 is 0 Å². The number of benzene rings is 2. The maximum atomic E-state index is 2.48. The van der Waals surface area contributed by atoms with Crippen molar-refractivity contribution >= 4 is 11.4 Å². The minimum atomic E-state index is 1.24. The summed E-state index contributed by atoms with van der Waals surface area (Å²) < 4.78 is 0. The van der Waals surface area contributed by atoms with Crippen LogP contribution in [0, 0.1) is 0 Å². The first-order chi connectivity index (χ1) is 11.9. The fourth-order valence-corrected chi connectivity index (χ4v) is 3.58. The quantitative estimate of drug-likeness (QED) is 0.735. The van der Waals surface area contributed by atoms with Crippen molar-refractivity contribution in [1.29, 1.82) is 0 Å². The van der Waals surface area contributed by atoms with E-state index in [0.717, 1.165) is 0 Å². The first-order valence-electron chi connectivity index (χ1n) is 9.53. The Balaban J connectivity index is 0.000000141. The maximum absolute atomic E-state index is 2.48. The van der Waals surface area contributed by atoms with Crippen molar-refractivity contribution in [2.24, 2.45) is 0 Å². The highest BCUT2D eigenvalue weighted by molar-refractivity contribution is 5.46. The van der Waals surface area contributed by atoms with Crippen LogP contribution >= 0.6 is 0 Å². The fourth-order valence-electron chi connectivity index (χ4n) is 3.58. The van der Waals surface area contributed by atoms with Crippen LogP contribution in [0.2, 0.25) is 0 Å². The second-order valence-electron chi connectivity index (χ2n) is 6.77. The monoisotopic (exact) mass is 322 g/mol. The number of hydrogen-bond acceptors (Lipinski definition) is 2. The molecule has 2 nitrogen and oxygen atoms in total. The van der Waals surface area contributed by atoms with Gasteiger partial charge in [0.2, 0.25) is 0 Å². The molecule has 2 aromatic rings. The molecule has 0 bridgehead atoms. The Bertz CT molecular complexity index is 502. The summed E-state index contributed by atoms with van der Waals surface area (Å²) >= 11 is 0. The molecule has 4 rings (SSSR count). The van der Waals surface area contributed by atoms with Crippen LogP contribution in [0.1, 0.15) is 38.5 Å². The molecule has 2 fully saturated rings. The molecule has 2 aliphatic heterocycles. The molecule has 0 radical (unpaired) electrons. The van der Waals surface area contributed by atoms with Crippen LogP contribution < -0.4 is 9.80 Å². The van der Waals surface area contributed by atoms with Crippen LogP contribution in [0.3, 0.4) is 0 Å². The molecule has 0 amide bonds. The number of rotatable bonds is 2. The van der Waals surface area contributed by atoms with Gasteiger partial charge in [0.05, 0.1) is 0 Å². The molecular formula is C22H30N2. The van der Waals surface area contributed by atoms with Gasteiger partial charge in [0.25, 0.3) is 0 Å². The summed E-state index contributed by atoms with van der Waals surface area (Å²) in [5.41, 5.74) is 2.77. The van der Waals surface area contributed by atoms with Gasteiger partial charge in [0, 0.05) is 37.6 Å². The Hall–Kier alpha value is -1.96. The number of para-hydroxylation sites is 2. The number of anilines is 2. The average molecular weight is 322 g/mol. The Morgan fingerprint density at radius 1 is 0.417 bits per heavy atom. The van der Waals surface area contributed by atoms with Gasteiger partial charge >= 0.3 is 0 Å². The average Bonchev–Trinajstić information content (AvgIpc) is 2.71. The molecule has 2 heteroatoms. The van der Waals surface area contributed by atoms with Gasteiger partial charge in [0.1, 0.15) is 0 Å². The lowest BCUT2D eigenvalue weighted by Gasteiger charge is -2.28. The molecule has 0 aliphatic carbocycles. The van der Waals surface area contributed by atoms with Gasteiger partial charge in [-0.05, 0) is 62.8 Å². The number of hydrogen-bond donors (Lipinski definition) is 0. The molecule has 0 aromatic heterocycles. The Labute approximate surface area is 147 Å². The summed E-state index contributed by atoms with van der Waals surface area (Å²) in [5.74, 6) is 0. The first kappa shape index (κ1) is 16.9. The summed E-state index contributed by atoms with van der Waals surface area (Å²) in [5, 5.41) is 0. The Morgan fingerprint density at radius 2 is 0.750 bits per heavy atom.